The summed E-state index contributed by atoms with van der Waals surface area (Å²) in [4.78, 5) is 0. The molecule has 4 heteroatoms. The van der Waals surface area contributed by atoms with Crippen LogP contribution in [-0.4, -0.2) is 6.61 Å². The first-order valence-corrected chi connectivity index (χ1v) is 6.43. The van der Waals surface area contributed by atoms with E-state index in [2.05, 4.69) is 5.32 Å². The van der Waals surface area contributed by atoms with E-state index in [-0.39, 0.29) is 6.04 Å². The SMILES string of the molecule is Clc1ccc([C@H]2COc3ccccc3N2)cc1Cl. The van der Waals surface area contributed by atoms with Crippen LogP contribution in [0.2, 0.25) is 10.0 Å². The Labute approximate surface area is 115 Å². The molecule has 1 aliphatic rings. The molecule has 1 aliphatic heterocycles. The fourth-order valence-corrected chi connectivity index (χ4v) is 2.33. The Morgan fingerprint density at radius 1 is 1.06 bits per heavy atom. The summed E-state index contributed by atoms with van der Waals surface area (Å²) in [6.07, 6.45) is 0. The number of rotatable bonds is 1. The van der Waals surface area contributed by atoms with Gasteiger partial charge in [-0.25, -0.2) is 0 Å². The number of fused-ring (bicyclic) bond motifs is 1. The Morgan fingerprint density at radius 2 is 1.89 bits per heavy atom. The van der Waals surface area contributed by atoms with E-state index in [9.17, 15) is 0 Å². The lowest BCUT2D eigenvalue weighted by Gasteiger charge is -2.27. The maximum Gasteiger partial charge on any atom is 0.142 e. The molecular formula is C14H11Cl2NO. The van der Waals surface area contributed by atoms with Crippen LogP contribution in [-0.2, 0) is 0 Å². The molecule has 0 radical (unpaired) electrons. The van der Waals surface area contributed by atoms with Crippen LogP contribution in [0.25, 0.3) is 0 Å². The maximum atomic E-state index is 6.03. The fourth-order valence-electron chi connectivity index (χ4n) is 2.02. The Balaban J connectivity index is 1.89. The van der Waals surface area contributed by atoms with Gasteiger partial charge in [0.05, 0.1) is 21.8 Å². The lowest BCUT2D eigenvalue weighted by Crippen LogP contribution is -2.23. The third-order valence-corrected chi connectivity index (χ3v) is 3.71. The fraction of sp³-hybridized carbons (Fsp3) is 0.143. The Morgan fingerprint density at radius 3 is 2.72 bits per heavy atom. The molecule has 0 unspecified atom stereocenters. The third-order valence-electron chi connectivity index (χ3n) is 2.97. The van der Waals surface area contributed by atoms with Crippen molar-refractivity contribution < 1.29 is 4.74 Å². The van der Waals surface area contributed by atoms with Gasteiger partial charge in [0.25, 0.3) is 0 Å². The summed E-state index contributed by atoms with van der Waals surface area (Å²) in [6, 6.07) is 13.6. The predicted octanol–water partition coefficient (Wildman–Crippen LogP) is 4.54. The summed E-state index contributed by atoms with van der Waals surface area (Å²) < 4.78 is 5.72. The second-order valence-corrected chi connectivity index (χ2v) is 4.99. The van der Waals surface area contributed by atoms with E-state index in [4.69, 9.17) is 27.9 Å². The van der Waals surface area contributed by atoms with Crippen molar-refractivity contribution in [2.45, 2.75) is 6.04 Å². The van der Waals surface area contributed by atoms with Crippen LogP contribution in [0.5, 0.6) is 5.75 Å². The molecular weight excluding hydrogens is 269 g/mol. The number of anilines is 1. The van der Waals surface area contributed by atoms with E-state index in [1.807, 2.05) is 36.4 Å². The Bertz CT molecular complexity index is 586. The van der Waals surface area contributed by atoms with Gasteiger partial charge in [0.1, 0.15) is 12.4 Å². The minimum atomic E-state index is 0.0923. The molecule has 18 heavy (non-hydrogen) atoms. The molecule has 0 aromatic heterocycles. The maximum absolute atomic E-state index is 6.03. The highest BCUT2D eigenvalue weighted by Crippen LogP contribution is 2.34. The van der Waals surface area contributed by atoms with Crippen LogP contribution < -0.4 is 10.1 Å². The van der Waals surface area contributed by atoms with Crippen molar-refractivity contribution in [3.05, 3.63) is 58.1 Å². The number of benzene rings is 2. The number of nitrogens with one attached hydrogen (secondary N) is 1. The molecule has 2 aromatic carbocycles. The van der Waals surface area contributed by atoms with E-state index in [0.717, 1.165) is 17.0 Å². The summed E-state index contributed by atoms with van der Waals surface area (Å²) in [6.45, 7) is 0.578. The molecule has 2 aromatic rings. The van der Waals surface area contributed by atoms with E-state index in [1.165, 1.54) is 0 Å². The molecule has 0 bridgehead atoms. The molecule has 0 saturated heterocycles. The summed E-state index contributed by atoms with van der Waals surface area (Å²) in [5.41, 5.74) is 2.07. The third kappa shape index (κ3) is 2.14. The minimum Gasteiger partial charge on any atom is -0.489 e. The van der Waals surface area contributed by atoms with Crippen molar-refractivity contribution in [3.8, 4) is 5.75 Å². The molecule has 1 N–H and O–H groups in total. The highest BCUT2D eigenvalue weighted by atomic mass is 35.5. The van der Waals surface area contributed by atoms with Gasteiger partial charge in [0, 0.05) is 0 Å². The molecule has 0 spiro atoms. The highest BCUT2D eigenvalue weighted by Gasteiger charge is 2.20. The zero-order valence-corrected chi connectivity index (χ0v) is 11.0. The Kier molecular flexibility index (Phi) is 3.06. The topological polar surface area (TPSA) is 21.3 Å². The van der Waals surface area contributed by atoms with E-state index in [1.54, 1.807) is 6.07 Å². The summed E-state index contributed by atoms with van der Waals surface area (Å²) in [5, 5.41) is 4.57. The van der Waals surface area contributed by atoms with Gasteiger partial charge in [-0.15, -0.1) is 0 Å². The van der Waals surface area contributed by atoms with Crippen LogP contribution in [0.1, 0.15) is 11.6 Å². The Hall–Kier alpha value is -1.38. The molecule has 92 valence electrons. The van der Waals surface area contributed by atoms with Crippen LogP contribution in [0.3, 0.4) is 0 Å². The molecule has 0 aliphatic carbocycles. The minimum absolute atomic E-state index is 0.0923. The molecule has 0 saturated carbocycles. The second-order valence-electron chi connectivity index (χ2n) is 4.18. The van der Waals surface area contributed by atoms with Crippen LogP contribution >= 0.6 is 23.2 Å². The number of ether oxygens (including phenoxy) is 1. The van der Waals surface area contributed by atoms with Crippen molar-refractivity contribution in [2.24, 2.45) is 0 Å². The summed E-state index contributed by atoms with van der Waals surface area (Å²) in [7, 11) is 0. The van der Waals surface area contributed by atoms with Gasteiger partial charge < -0.3 is 10.1 Å². The first-order chi connectivity index (χ1) is 8.74. The monoisotopic (exact) mass is 279 g/mol. The molecule has 2 nitrogen and oxygen atoms in total. The lowest BCUT2D eigenvalue weighted by molar-refractivity contribution is 0.286. The van der Waals surface area contributed by atoms with Gasteiger partial charge in [-0.2, -0.15) is 0 Å². The van der Waals surface area contributed by atoms with E-state index < -0.39 is 0 Å². The van der Waals surface area contributed by atoms with Crippen molar-refractivity contribution >= 4 is 28.9 Å². The van der Waals surface area contributed by atoms with Crippen LogP contribution in [0.4, 0.5) is 5.69 Å². The first kappa shape index (κ1) is 11.7. The average molecular weight is 280 g/mol. The second kappa shape index (κ2) is 4.71. The number of hydrogen-bond donors (Lipinski definition) is 1. The van der Waals surface area contributed by atoms with Crippen LogP contribution in [0, 0.1) is 0 Å². The number of para-hydroxylation sites is 2. The molecule has 0 amide bonds. The van der Waals surface area contributed by atoms with Crippen LogP contribution in [0.15, 0.2) is 42.5 Å². The van der Waals surface area contributed by atoms with Gasteiger partial charge in [-0.3, -0.25) is 0 Å². The lowest BCUT2D eigenvalue weighted by atomic mass is 10.1. The van der Waals surface area contributed by atoms with Gasteiger partial charge in [0.15, 0.2) is 0 Å². The van der Waals surface area contributed by atoms with Crippen molar-refractivity contribution in [2.75, 3.05) is 11.9 Å². The van der Waals surface area contributed by atoms with Crippen molar-refractivity contribution in [1.82, 2.24) is 0 Å². The van der Waals surface area contributed by atoms with Crippen molar-refractivity contribution in [1.29, 1.82) is 0 Å². The van der Waals surface area contributed by atoms with Crippen molar-refractivity contribution in [3.63, 3.8) is 0 Å². The van der Waals surface area contributed by atoms with Gasteiger partial charge in [-0.1, -0.05) is 41.4 Å². The number of halogens is 2. The van der Waals surface area contributed by atoms with Gasteiger partial charge >= 0.3 is 0 Å². The first-order valence-electron chi connectivity index (χ1n) is 5.67. The zero-order valence-electron chi connectivity index (χ0n) is 9.49. The quantitative estimate of drug-likeness (QED) is 0.828. The smallest absolute Gasteiger partial charge is 0.142 e. The average Bonchev–Trinajstić information content (AvgIpc) is 2.41. The zero-order chi connectivity index (χ0) is 12.5. The largest absolute Gasteiger partial charge is 0.489 e. The standard InChI is InChI=1S/C14H11Cl2NO/c15-10-6-5-9(7-11(10)16)13-8-18-14-4-2-1-3-12(14)17-13/h1-7,13,17H,8H2/t13-/m1/s1. The molecule has 3 rings (SSSR count). The van der Waals surface area contributed by atoms with Gasteiger partial charge in [-0.05, 0) is 29.8 Å². The molecule has 1 heterocycles. The normalized spacial score (nSPS) is 17.6. The number of hydrogen-bond acceptors (Lipinski definition) is 2. The van der Waals surface area contributed by atoms with E-state index in [0.29, 0.717) is 16.7 Å². The molecule has 1 atom stereocenters. The molecule has 0 fully saturated rings. The summed E-state index contributed by atoms with van der Waals surface area (Å²) >= 11 is 11.9. The van der Waals surface area contributed by atoms with Gasteiger partial charge in [0.2, 0.25) is 0 Å². The predicted molar refractivity (Wildman–Crippen MR) is 74.8 cm³/mol. The summed E-state index contributed by atoms with van der Waals surface area (Å²) in [5.74, 6) is 0.883. The van der Waals surface area contributed by atoms with E-state index >= 15 is 0 Å². The highest BCUT2D eigenvalue weighted by molar-refractivity contribution is 6.42.